The highest BCUT2D eigenvalue weighted by Gasteiger charge is 2.29. The van der Waals surface area contributed by atoms with Crippen LogP contribution in [-0.2, 0) is 14.8 Å². The number of aryl methyl sites for hydroxylation is 1. The van der Waals surface area contributed by atoms with E-state index in [4.69, 9.17) is 0 Å². The van der Waals surface area contributed by atoms with Crippen LogP contribution in [0.25, 0.3) is 0 Å². The lowest BCUT2D eigenvalue weighted by Gasteiger charge is -2.19. The standard InChI is InChI=1S/C14H18N2O3S/c1-10-9-12(20(18,19)15-11-4-5-11)6-7-13(10)16-8-2-3-14(16)17/h6-7,9,11,15H,2-5,8H2,1H3. The van der Waals surface area contributed by atoms with E-state index in [0.717, 1.165) is 30.5 Å². The summed E-state index contributed by atoms with van der Waals surface area (Å²) in [7, 11) is -3.43. The summed E-state index contributed by atoms with van der Waals surface area (Å²) in [5, 5.41) is 0. The van der Waals surface area contributed by atoms with E-state index in [2.05, 4.69) is 4.72 Å². The summed E-state index contributed by atoms with van der Waals surface area (Å²) in [5.74, 6) is 0.111. The lowest BCUT2D eigenvalue weighted by molar-refractivity contribution is -0.117. The molecule has 1 amide bonds. The number of hydrogen-bond acceptors (Lipinski definition) is 3. The van der Waals surface area contributed by atoms with Crippen LogP contribution < -0.4 is 9.62 Å². The lowest BCUT2D eigenvalue weighted by Crippen LogP contribution is -2.27. The van der Waals surface area contributed by atoms with Crippen molar-refractivity contribution in [3.05, 3.63) is 23.8 Å². The molecule has 6 heteroatoms. The summed E-state index contributed by atoms with van der Waals surface area (Å²) in [6.07, 6.45) is 3.27. The summed E-state index contributed by atoms with van der Waals surface area (Å²) < 4.78 is 26.9. The quantitative estimate of drug-likeness (QED) is 0.916. The SMILES string of the molecule is Cc1cc(S(=O)(=O)NC2CC2)ccc1N1CCCC1=O. The number of hydrogen-bond donors (Lipinski definition) is 1. The van der Waals surface area contributed by atoms with Crippen LogP contribution in [0, 0.1) is 6.92 Å². The van der Waals surface area contributed by atoms with Crippen molar-refractivity contribution in [1.82, 2.24) is 4.72 Å². The van der Waals surface area contributed by atoms with E-state index >= 15 is 0 Å². The first-order valence-corrected chi connectivity index (χ1v) is 8.39. The lowest BCUT2D eigenvalue weighted by atomic mass is 10.2. The number of nitrogens with one attached hydrogen (secondary N) is 1. The predicted molar refractivity (Wildman–Crippen MR) is 76.1 cm³/mol. The molecule has 2 fully saturated rings. The van der Waals surface area contributed by atoms with Crippen LogP contribution in [0.3, 0.4) is 0 Å². The Labute approximate surface area is 119 Å². The molecule has 1 N–H and O–H groups in total. The van der Waals surface area contributed by atoms with Gasteiger partial charge in [0, 0.05) is 24.7 Å². The van der Waals surface area contributed by atoms with Gasteiger partial charge >= 0.3 is 0 Å². The molecule has 5 nitrogen and oxygen atoms in total. The number of sulfonamides is 1. The highest BCUT2D eigenvalue weighted by molar-refractivity contribution is 7.89. The summed E-state index contributed by atoms with van der Waals surface area (Å²) in [6.45, 7) is 2.56. The average Bonchev–Trinajstić information content (AvgIpc) is 3.08. The number of carbonyl (C=O) groups is 1. The minimum Gasteiger partial charge on any atom is -0.312 e. The second kappa shape index (κ2) is 4.86. The van der Waals surface area contributed by atoms with Crippen molar-refractivity contribution in [3.8, 4) is 0 Å². The molecule has 20 heavy (non-hydrogen) atoms. The molecule has 0 radical (unpaired) electrons. The van der Waals surface area contributed by atoms with Crippen LogP contribution >= 0.6 is 0 Å². The molecule has 0 aromatic heterocycles. The van der Waals surface area contributed by atoms with Gasteiger partial charge in [0.05, 0.1) is 4.90 Å². The minimum absolute atomic E-state index is 0.0974. The summed E-state index contributed by atoms with van der Waals surface area (Å²) in [4.78, 5) is 13.8. The molecule has 1 aliphatic heterocycles. The summed E-state index contributed by atoms with van der Waals surface area (Å²) in [5.41, 5.74) is 1.64. The largest absolute Gasteiger partial charge is 0.312 e. The first-order valence-electron chi connectivity index (χ1n) is 6.91. The van der Waals surface area contributed by atoms with Crippen molar-refractivity contribution in [2.24, 2.45) is 0 Å². The van der Waals surface area contributed by atoms with Gasteiger partial charge in [-0.15, -0.1) is 0 Å². The van der Waals surface area contributed by atoms with E-state index in [-0.39, 0.29) is 16.8 Å². The zero-order valence-electron chi connectivity index (χ0n) is 11.4. The third-order valence-electron chi connectivity index (χ3n) is 3.74. The fourth-order valence-corrected chi connectivity index (χ4v) is 3.88. The number of amides is 1. The smallest absolute Gasteiger partial charge is 0.240 e. The zero-order chi connectivity index (χ0) is 14.3. The van der Waals surface area contributed by atoms with E-state index in [1.165, 1.54) is 0 Å². The van der Waals surface area contributed by atoms with Gasteiger partial charge in [-0.25, -0.2) is 13.1 Å². The maximum Gasteiger partial charge on any atom is 0.240 e. The van der Waals surface area contributed by atoms with Gasteiger partial charge in [0.2, 0.25) is 15.9 Å². The van der Waals surface area contributed by atoms with E-state index in [1.807, 2.05) is 6.92 Å². The Morgan fingerprint density at radius 3 is 2.60 bits per heavy atom. The van der Waals surface area contributed by atoms with E-state index in [1.54, 1.807) is 23.1 Å². The second-order valence-corrected chi connectivity index (χ2v) is 7.21. The summed E-state index contributed by atoms with van der Waals surface area (Å²) in [6, 6.07) is 5.06. The maximum atomic E-state index is 12.1. The Morgan fingerprint density at radius 1 is 1.30 bits per heavy atom. The van der Waals surface area contributed by atoms with E-state index in [0.29, 0.717) is 13.0 Å². The third kappa shape index (κ3) is 2.58. The average molecular weight is 294 g/mol. The Kier molecular flexibility index (Phi) is 3.30. The van der Waals surface area contributed by atoms with Crippen molar-refractivity contribution in [2.75, 3.05) is 11.4 Å². The topological polar surface area (TPSA) is 66.5 Å². The second-order valence-electron chi connectivity index (χ2n) is 5.49. The first-order chi connectivity index (χ1) is 9.47. The molecule has 1 aliphatic carbocycles. The van der Waals surface area contributed by atoms with Crippen molar-refractivity contribution in [2.45, 2.75) is 43.5 Å². The van der Waals surface area contributed by atoms with Crippen molar-refractivity contribution in [3.63, 3.8) is 0 Å². The number of anilines is 1. The van der Waals surface area contributed by atoms with Gasteiger partial charge in [-0.1, -0.05) is 0 Å². The Bertz CT molecular complexity index is 650. The zero-order valence-corrected chi connectivity index (χ0v) is 12.2. The molecule has 1 saturated carbocycles. The molecule has 1 heterocycles. The molecule has 0 unspecified atom stereocenters. The number of benzene rings is 1. The van der Waals surface area contributed by atoms with Crippen LogP contribution in [0.2, 0.25) is 0 Å². The van der Waals surface area contributed by atoms with Crippen LogP contribution in [0.1, 0.15) is 31.2 Å². The molecule has 108 valence electrons. The van der Waals surface area contributed by atoms with Gasteiger partial charge < -0.3 is 4.90 Å². The molecular formula is C14H18N2O3S. The highest BCUT2D eigenvalue weighted by atomic mass is 32.2. The number of nitrogens with zero attached hydrogens (tertiary/aromatic N) is 1. The minimum atomic E-state index is -3.43. The predicted octanol–water partition coefficient (Wildman–Crippen LogP) is 1.56. The van der Waals surface area contributed by atoms with Crippen molar-refractivity contribution in [1.29, 1.82) is 0 Å². The number of carbonyl (C=O) groups excluding carboxylic acids is 1. The normalized spacial score (nSPS) is 19.6. The van der Waals surface area contributed by atoms with Gasteiger partial charge in [-0.05, 0) is 49.9 Å². The molecule has 0 atom stereocenters. The van der Waals surface area contributed by atoms with Gasteiger partial charge in [0.1, 0.15) is 0 Å². The number of rotatable bonds is 4. The monoisotopic (exact) mass is 294 g/mol. The summed E-state index contributed by atoms with van der Waals surface area (Å²) >= 11 is 0. The van der Waals surface area contributed by atoms with Gasteiger partial charge in [0.25, 0.3) is 0 Å². The van der Waals surface area contributed by atoms with Crippen molar-refractivity contribution >= 4 is 21.6 Å². The molecule has 1 saturated heterocycles. The van der Waals surface area contributed by atoms with E-state index < -0.39 is 10.0 Å². The fraction of sp³-hybridized carbons (Fsp3) is 0.500. The Hall–Kier alpha value is -1.40. The van der Waals surface area contributed by atoms with Crippen LogP contribution in [0.15, 0.2) is 23.1 Å². The first kappa shape index (κ1) is 13.6. The maximum absolute atomic E-state index is 12.1. The van der Waals surface area contributed by atoms with Gasteiger partial charge in [-0.3, -0.25) is 4.79 Å². The molecular weight excluding hydrogens is 276 g/mol. The molecule has 1 aromatic rings. The Balaban J connectivity index is 1.88. The molecule has 0 spiro atoms. The van der Waals surface area contributed by atoms with Gasteiger partial charge in [-0.2, -0.15) is 0 Å². The van der Waals surface area contributed by atoms with Crippen LogP contribution in [0.5, 0.6) is 0 Å². The third-order valence-corrected chi connectivity index (χ3v) is 5.26. The molecule has 1 aromatic carbocycles. The van der Waals surface area contributed by atoms with Crippen molar-refractivity contribution < 1.29 is 13.2 Å². The van der Waals surface area contributed by atoms with Gasteiger partial charge in [0.15, 0.2) is 0 Å². The fourth-order valence-electron chi connectivity index (χ4n) is 2.49. The highest BCUT2D eigenvalue weighted by Crippen LogP contribution is 2.28. The van der Waals surface area contributed by atoms with E-state index in [9.17, 15) is 13.2 Å². The Morgan fingerprint density at radius 2 is 2.05 bits per heavy atom. The molecule has 2 aliphatic rings. The molecule has 0 bridgehead atoms. The van der Waals surface area contributed by atoms with Crippen LogP contribution in [-0.4, -0.2) is 26.9 Å². The molecule has 3 rings (SSSR count). The van der Waals surface area contributed by atoms with Crippen LogP contribution in [0.4, 0.5) is 5.69 Å².